The molecule has 0 aromatic carbocycles. The predicted octanol–water partition coefficient (Wildman–Crippen LogP) is 2.27. The minimum Gasteiger partial charge on any atom is -0.389 e. The van der Waals surface area contributed by atoms with Crippen LogP contribution in [0, 0.1) is 5.41 Å². The van der Waals surface area contributed by atoms with Gasteiger partial charge in [-0.1, -0.05) is 27.7 Å². The second kappa shape index (κ2) is 4.19. The first kappa shape index (κ1) is 12.0. The van der Waals surface area contributed by atoms with Crippen LogP contribution in [0.4, 0.5) is 0 Å². The first-order valence-corrected chi connectivity index (χ1v) is 5.79. The van der Waals surface area contributed by atoms with Gasteiger partial charge in [0.2, 0.25) is 0 Å². The molecular weight excluding hydrogens is 174 g/mol. The first-order valence-electron chi connectivity index (χ1n) is 5.79. The standard InChI is InChI=1S/C12H25NO/c1-5-13(9-8-11(2,3)4)10-12(14)6-7-12/h14H,5-10H2,1-4H3. The van der Waals surface area contributed by atoms with E-state index in [4.69, 9.17) is 0 Å². The molecule has 0 spiro atoms. The van der Waals surface area contributed by atoms with E-state index < -0.39 is 0 Å². The van der Waals surface area contributed by atoms with Crippen LogP contribution in [0.2, 0.25) is 0 Å². The van der Waals surface area contributed by atoms with E-state index >= 15 is 0 Å². The van der Waals surface area contributed by atoms with Crippen LogP contribution >= 0.6 is 0 Å². The third-order valence-corrected chi connectivity index (χ3v) is 2.97. The Labute approximate surface area is 88.3 Å². The van der Waals surface area contributed by atoms with E-state index in [2.05, 4.69) is 32.6 Å². The summed E-state index contributed by atoms with van der Waals surface area (Å²) in [6.07, 6.45) is 3.20. The molecule has 0 unspecified atom stereocenters. The van der Waals surface area contributed by atoms with Crippen molar-refractivity contribution in [3.05, 3.63) is 0 Å². The molecule has 1 fully saturated rings. The molecule has 0 radical (unpaired) electrons. The molecule has 0 saturated heterocycles. The molecule has 2 heteroatoms. The van der Waals surface area contributed by atoms with Crippen molar-refractivity contribution in [1.82, 2.24) is 4.90 Å². The van der Waals surface area contributed by atoms with Gasteiger partial charge in [-0.15, -0.1) is 0 Å². The molecule has 0 aliphatic heterocycles. The fourth-order valence-corrected chi connectivity index (χ4v) is 1.56. The van der Waals surface area contributed by atoms with Gasteiger partial charge < -0.3 is 10.0 Å². The van der Waals surface area contributed by atoms with E-state index in [0.29, 0.717) is 5.41 Å². The molecule has 0 atom stereocenters. The molecule has 1 rings (SSSR count). The van der Waals surface area contributed by atoms with Crippen LogP contribution < -0.4 is 0 Å². The van der Waals surface area contributed by atoms with Crippen molar-refractivity contribution in [2.24, 2.45) is 5.41 Å². The molecule has 1 aliphatic carbocycles. The summed E-state index contributed by atoms with van der Waals surface area (Å²) in [5.41, 5.74) is 0.0769. The zero-order valence-electron chi connectivity index (χ0n) is 10.1. The predicted molar refractivity (Wildman–Crippen MR) is 60.4 cm³/mol. The van der Waals surface area contributed by atoms with Gasteiger partial charge in [-0.3, -0.25) is 0 Å². The molecule has 1 aliphatic rings. The van der Waals surface area contributed by atoms with Crippen LogP contribution in [0.1, 0.15) is 47.0 Å². The molecule has 1 saturated carbocycles. The Morgan fingerprint density at radius 3 is 2.21 bits per heavy atom. The summed E-state index contributed by atoms with van der Waals surface area (Å²) in [6, 6.07) is 0. The molecule has 0 amide bonds. The molecule has 0 bridgehead atoms. The fourth-order valence-electron chi connectivity index (χ4n) is 1.56. The van der Waals surface area contributed by atoms with Gasteiger partial charge in [-0.05, 0) is 37.8 Å². The summed E-state index contributed by atoms with van der Waals surface area (Å²) >= 11 is 0. The van der Waals surface area contributed by atoms with E-state index in [1.165, 1.54) is 6.42 Å². The van der Waals surface area contributed by atoms with Crippen LogP contribution in [-0.2, 0) is 0 Å². The van der Waals surface area contributed by atoms with Crippen molar-refractivity contribution in [3.8, 4) is 0 Å². The highest BCUT2D eigenvalue weighted by Gasteiger charge is 2.41. The molecular formula is C12H25NO. The number of aliphatic hydroxyl groups is 1. The maximum absolute atomic E-state index is 9.82. The summed E-state index contributed by atoms with van der Waals surface area (Å²) in [4.78, 5) is 2.37. The molecule has 0 aromatic rings. The molecule has 2 nitrogen and oxygen atoms in total. The molecule has 14 heavy (non-hydrogen) atoms. The normalized spacial score (nSPS) is 20.1. The Bertz CT molecular complexity index is 179. The van der Waals surface area contributed by atoms with Gasteiger partial charge in [-0.25, -0.2) is 0 Å². The minimum atomic E-state index is -0.326. The van der Waals surface area contributed by atoms with Crippen LogP contribution in [0.5, 0.6) is 0 Å². The zero-order valence-corrected chi connectivity index (χ0v) is 10.1. The molecule has 84 valence electrons. The van der Waals surface area contributed by atoms with E-state index in [9.17, 15) is 5.11 Å². The Morgan fingerprint density at radius 1 is 1.29 bits per heavy atom. The Morgan fingerprint density at radius 2 is 1.86 bits per heavy atom. The first-order chi connectivity index (χ1) is 6.35. The van der Waals surface area contributed by atoms with E-state index in [0.717, 1.165) is 32.5 Å². The Balaban J connectivity index is 2.25. The lowest BCUT2D eigenvalue weighted by Crippen LogP contribution is -2.35. The Kier molecular flexibility index (Phi) is 3.59. The molecule has 0 aromatic heterocycles. The lowest BCUT2D eigenvalue weighted by atomic mass is 9.92. The van der Waals surface area contributed by atoms with Crippen LogP contribution in [0.25, 0.3) is 0 Å². The zero-order chi connectivity index (χ0) is 10.8. The SMILES string of the molecule is CCN(CCC(C)(C)C)CC1(O)CC1. The average molecular weight is 199 g/mol. The van der Waals surface area contributed by atoms with Gasteiger partial charge >= 0.3 is 0 Å². The minimum absolute atomic E-state index is 0.326. The summed E-state index contributed by atoms with van der Waals surface area (Å²) in [5, 5.41) is 9.82. The third kappa shape index (κ3) is 4.43. The van der Waals surface area contributed by atoms with E-state index in [1.807, 2.05) is 0 Å². The van der Waals surface area contributed by atoms with Crippen molar-refractivity contribution in [2.75, 3.05) is 19.6 Å². The second-order valence-corrected chi connectivity index (χ2v) is 5.90. The number of hydrogen-bond acceptors (Lipinski definition) is 2. The van der Waals surface area contributed by atoms with Crippen LogP contribution in [0.3, 0.4) is 0 Å². The maximum Gasteiger partial charge on any atom is 0.0776 e. The highest BCUT2D eigenvalue weighted by atomic mass is 16.3. The van der Waals surface area contributed by atoms with Gasteiger partial charge in [0.25, 0.3) is 0 Å². The Hall–Kier alpha value is -0.0800. The third-order valence-electron chi connectivity index (χ3n) is 2.97. The van der Waals surface area contributed by atoms with Gasteiger partial charge in [0, 0.05) is 6.54 Å². The van der Waals surface area contributed by atoms with E-state index in [1.54, 1.807) is 0 Å². The highest BCUT2D eigenvalue weighted by Crippen LogP contribution is 2.35. The molecule has 0 heterocycles. The summed E-state index contributed by atoms with van der Waals surface area (Å²) in [5.74, 6) is 0. The maximum atomic E-state index is 9.82. The number of likely N-dealkylation sites (N-methyl/N-ethyl adjacent to an activating group) is 1. The van der Waals surface area contributed by atoms with Crippen LogP contribution in [0.15, 0.2) is 0 Å². The van der Waals surface area contributed by atoms with Gasteiger partial charge in [-0.2, -0.15) is 0 Å². The summed E-state index contributed by atoms with van der Waals surface area (Å²) in [6.45, 7) is 12.0. The lowest BCUT2D eigenvalue weighted by Gasteiger charge is -2.27. The second-order valence-electron chi connectivity index (χ2n) is 5.90. The smallest absolute Gasteiger partial charge is 0.0776 e. The van der Waals surface area contributed by atoms with Crippen molar-refractivity contribution >= 4 is 0 Å². The van der Waals surface area contributed by atoms with Gasteiger partial charge in [0.05, 0.1) is 5.60 Å². The summed E-state index contributed by atoms with van der Waals surface area (Å²) in [7, 11) is 0. The molecule has 1 N–H and O–H groups in total. The fraction of sp³-hybridized carbons (Fsp3) is 1.00. The van der Waals surface area contributed by atoms with Gasteiger partial charge in [0.1, 0.15) is 0 Å². The van der Waals surface area contributed by atoms with Crippen molar-refractivity contribution in [1.29, 1.82) is 0 Å². The van der Waals surface area contributed by atoms with Crippen molar-refractivity contribution in [2.45, 2.75) is 52.6 Å². The average Bonchev–Trinajstić information content (AvgIpc) is 2.76. The number of rotatable bonds is 5. The van der Waals surface area contributed by atoms with Crippen LogP contribution in [-0.4, -0.2) is 35.2 Å². The number of nitrogens with zero attached hydrogens (tertiary/aromatic N) is 1. The van der Waals surface area contributed by atoms with Crippen molar-refractivity contribution in [3.63, 3.8) is 0 Å². The quantitative estimate of drug-likeness (QED) is 0.734. The topological polar surface area (TPSA) is 23.5 Å². The largest absolute Gasteiger partial charge is 0.389 e. The van der Waals surface area contributed by atoms with E-state index in [-0.39, 0.29) is 5.60 Å². The lowest BCUT2D eigenvalue weighted by molar-refractivity contribution is 0.0884. The monoisotopic (exact) mass is 199 g/mol. The summed E-state index contributed by atoms with van der Waals surface area (Å²) < 4.78 is 0. The van der Waals surface area contributed by atoms with Gasteiger partial charge in [0.15, 0.2) is 0 Å². The highest BCUT2D eigenvalue weighted by molar-refractivity contribution is 4.95. The number of hydrogen-bond donors (Lipinski definition) is 1. The van der Waals surface area contributed by atoms with Crippen molar-refractivity contribution < 1.29 is 5.11 Å².